The molecule has 0 aliphatic rings. The fourth-order valence-electron chi connectivity index (χ4n) is 3.32. The van der Waals surface area contributed by atoms with Crippen molar-refractivity contribution in [1.29, 1.82) is 0 Å². The van der Waals surface area contributed by atoms with Crippen molar-refractivity contribution in [1.82, 2.24) is 20.2 Å². The number of carbonyl (C=O) groups excluding carboxylic acids is 2. The largest absolute Gasteiger partial charge is 0.497 e. The molecular formula is C22H27N7O4. The molecule has 2 amide bonds. The highest BCUT2D eigenvalue weighted by atomic mass is 16.5. The van der Waals surface area contributed by atoms with E-state index in [1.165, 1.54) is 9.58 Å². The van der Waals surface area contributed by atoms with E-state index in [0.717, 1.165) is 0 Å². The topological polar surface area (TPSA) is 137 Å². The molecule has 174 valence electrons. The summed E-state index contributed by atoms with van der Waals surface area (Å²) in [6.45, 7) is 3.30. The van der Waals surface area contributed by atoms with Gasteiger partial charge in [0.2, 0.25) is 17.8 Å². The summed E-state index contributed by atoms with van der Waals surface area (Å²) in [5.74, 6) is 0.522. The number of hydrogen-bond acceptors (Lipinski definition) is 8. The Morgan fingerprint density at radius 3 is 2.12 bits per heavy atom. The third-order valence-corrected chi connectivity index (χ3v) is 5.44. The summed E-state index contributed by atoms with van der Waals surface area (Å²) in [6, 6.07) is 13.8. The Morgan fingerprint density at radius 1 is 1.06 bits per heavy atom. The number of nitrogens with zero attached hydrogens (tertiary/aromatic N) is 5. The lowest BCUT2D eigenvalue weighted by Gasteiger charge is -2.39. The van der Waals surface area contributed by atoms with Gasteiger partial charge in [0.1, 0.15) is 23.6 Å². The number of methoxy groups -OCH3 is 2. The minimum Gasteiger partial charge on any atom is -0.497 e. The lowest BCUT2D eigenvalue weighted by atomic mass is 9.93. The molecule has 0 fully saturated rings. The third-order valence-electron chi connectivity index (χ3n) is 5.44. The molecule has 3 rings (SSSR count). The van der Waals surface area contributed by atoms with E-state index in [0.29, 0.717) is 29.3 Å². The zero-order valence-electron chi connectivity index (χ0n) is 19.0. The normalized spacial score (nSPS) is 12.5. The maximum absolute atomic E-state index is 13.5. The number of aromatic nitrogens is 4. The number of ether oxygens (including phenoxy) is 2. The number of hydrogen-bond donors (Lipinski definition) is 2. The van der Waals surface area contributed by atoms with Crippen LogP contribution in [0.3, 0.4) is 0 Å². The second-order valence-electron chi connectivity index (χ2n) is 7.43. The fraction of sp³-hybridized carbons (Fsp3) is 0.318. The summed E-state index contributed by atoms with van der Waals surface area (Å²) in [5.41, 5.74) is 5.59. The zero-order valence-corrected chi connectivity index (χ0v) is 19.0. The molecule has 2 aromatic carbocycles. The Labute approximate surface area is 191 Å². The van der Waals surface area contributed by atoms with Gasteiger partial charge in [0.25, 0.3) is 0 Å². The predicted octanol–water partition coefficient (Wildman–Crippen LogP) is 2.11. The number of tetrazole rings is 1. The molecule has 0 saturated heterocycles. The van der Waals surface area contributed by atoms with Gasteiger partial charge < -0.3 is 20.5 Å². The van der Waals surface area contributed by atoms with E-state index in [1.807, 2.05) is 6.92 Å². The average molecular weight is 454 g/mol. The molecular weight excluding hydrogens is 426 g/mol. The second kappa shape index (κ2) is 9.98. The standard InChI is InChI=1S/C22H27N7O4/c1-5-22(2,20(31)24-15-6-10-17(32-3)11-7-15)29(16-8-12-18(33-4)13-9-16)19(30)14-28-21(23)25-26-27-28/h6-13H,5,14H2,1-4H3,(H,24,31)(H2,23,25,27)/t22-/m1/s1. The number of benzene rings is 2. The lowest BCUT2D eigenvalue weighted by Crippen LogP contribution is -2.58. The van der Waals surface area contributed by atoms with Crippen molar-refractivity contribution in [3.05, 3.63) is 48.5 Å². The summed E-state index contributed by atoms with van der Waals surface area (Å²) in [6.07, 6.45) is 0.331. The van der Waals surface area contributed by atoms with Gasteiger partial charge in [-0.15, -0.1) is 0 Å². The zero-order chi connectivity index (χ0) is 24.0. The second-order valence-corrected chi connectivity index (χ2v) is 7.43. The average Bonchev–Trinajstić information content (AvgIpc) is 3.23. The first-order valence-electron chi connectivity index (χ1n) is 10.3. The number of nitrogen functional groups attached to an aromatic ring is 1. The van der Waals surface area contributed by atoms with Gasteiger partial charge >= 0.3 is 0 Å². The van der Waals surface area contributed by atoms with E-state index in [2.05, 4.69) is 20.8 Å². The predicted molar refractivity (Wildman–Crippen MR) is 123 cm³/mol. The molecule has 0 radical (unpaired) electrons. The summed E-state index contributed by atoms with van der Waals surface area (Å²) in [4.78, 5) is 28.4. The van der Waals surface area contributed by atoms with Crippen molar-refractivity contribution in [2.24, 2.45) is 0 Å². The van der Waals surface area contributed by atoms with Crippen LogP contribution in [0.2, 0.25) is 0 Å². The highest BCUT2D eigenvalue weighted by Gasteiger charge is 2.42. The van der Waals surface area contributed by atoms with E-state index >= 15 is 0 Å². The van der Waals surface area contributed by atoms with Crippen molar-refractivity contribution < 1.29 is 19.1 Å². The molecule has 0 spiro atoms. The van der Waals surface area contributed by atoms with Gasteiger partial charge in [0.05, 0.1) is 14.2 Å². The molecule has 11 heteroatoms. The Kier molecular flexibility index (Phi) is 7.11. The molecule has 0 aliphatic carbocycles. The Bertz CT molecular complexity index is 1100. The molecule has 0 aliphatic heterocycles. The quantitative estimate of drug-likeness (QED) is 0.502. The number of rotatable bonds is 9. The molecule has 0 saturated carbocycles. The van der Waals surface area contributed by atoms with Crippen molar-refractivity contribution in [2.75, 3.05) is 30.2 Å². The molecule has 33 heavy (non-hydrogen) atoms. The maximum atomic E-state index is 13.5. The van der Waals surface area contributed by atoms with Crippen LogP contribution in [0.5, 0.6) is 11.5 Å². The molecule has 1 aromatic heterocycles. The van der Waals surface area contributed by atoms with Crippen molar-refractivity contribution >= 4 is 29.1 Å². The van der Waals surface area contributed by atoms with Gasteiger partial charge in [-0.3, -0.25) is 14.5 Å². The minimum absolute atomic E-state index is 0.00100. The SMILES string of the molecule is CC[C@](C)(C(=O)Nc1ccc(OC)cc1)N(C(=O)Cn1nnnc1N)c1ccc(OC)cc1. The van der Waals surface area contributed by atoms with Crippen LogP contribution in [0, 0.1) is 0 Å². The maximum Gasteiger partial charge on any atom is 0.250 e. The highest BCUT2D eigenvalue weighted by molar-refractivity contribution is 6.07. The summed E-state index contributed by atoms with van der Waals surface area (Å²) in [7, 11) is 3.12. The first-order chi connectivity index (χ1) is 15.8. The molecule has 1 atom stereocenters. The summed E-state index contributed by atoms with van der Waals surface area (Å²) in [5, 5.41) is 13.7. The van der Waals surface area contributed by atoms with Crippen LogP contribution in [0.15, 0.2) is 48.5 Å². The van der Waals surface area contributed by atoms with E-state index in [4.69, 9.17) is 15.2 Å². The van der Waals surface area contributed by atoms with Crippen LogP contribution in [-0.2, 0) is 16.1 Å². The molecule has 0 unspecified atom stereocenters. The fourth-order valence-corrected chi connectivity index (χ4v) is 3.32. The first kappa shape index (κ1) is 23.5. The van der Waals surface area contributed by atoms with E-state index in [9.17, 15) is 9.59 Å². The molecule has 3 aromatic rings. The Morgan fingerprint density at radius 2 is 1.64 bits per heavy atom. The summed E-state index contributed by atoms with van der Waals surface area (Å²) < 4.78 is 11.6. The molecule has 0 bridgehead atoms. The van der Waals surface area contributed by atoms with Crippen molar-refractivity contribution in [2.45, 2.75) is 32.4 Å². The highest BCUT2D eigenvalue weighted by Crippen LogP contribution is 2.31. The Balaban J connectivity index is 1.97. The van der Waals surface area contributed by atoms with E-state index in [-0.39, 0.29) is 18.4 Å². The number of anilines is 3. The van der Waals surface area contributed by atoms with Crippen LogP contribution in [0.4, 0.5) is 17.3 Å². The van der Waals surface area contributed by atoms with E-state index < -0.39 is 11.4 Å². The lowest BCUT2D eigenvalue weighted by molar-refractivity contribution is -0.127. The molecule has 11 nitrogen and oxygen atoms in total. The monoisotopic (exact) mass is 453 g/mol. The van der Waals surface area contributed by atoms with E-state index in [1.54, 1.807) is 69.7 Å². The van der Waals surface area contributed by atoms with Crippen molar-refractivity contribution in [3.8, 4) is 11.5 Å². The Hall–Kier alpha value is -4.15. The number of carbonyl (C=O) groups is 2. The van der Waals surface area contributed by atoms with Gasteiger partial charge in [0, 0.05) is 11.4 Å². The first-order valence-corrected chi connectivity index (χ1v) is 10.3. The number of amides is 2. The number of nitrogens with two attached hydrogens (primary N) is 1. The molecule has 3 N–H and O–H groups in total. The minimum atomic E-state index is -1.24. The van der Waals surface area contributed by atoms with Gasteiger partial charge in [-0.2, -0.15) is 0 Å². The van der Waals surface area contributed by atoms with Crippen LogP contribution in [-0.4, -0.2) is 51.8 Å². The number of nitrogens with one attached hydrogen (secondary N) is 1. The van der Waals surface area contributed by atoms with Crippen molar-refractivity contribution in [3.63, 3.8) is 0 Å². The molecule has 1 heterocycles. The van der Waals surface area contributed by atoms with Crippen LogP contribution in [0.25, 0.3) is 0 Å². The smallest absolute Gasteiger partial charge is 0.250 e. The van der Waals surface area contributed by atoms with Gasteiger partial charge in [-0.05, 0) is 72.3 Å². The van der Waals surface area contributed by atoms with Crippen LogP contribution < -0.4 is 25.4 Å². The van der Waals surface area contributed by atoms with Gasteiger partial charge in [-0.25, -0.2) is 4.68 Å². The van der Waals surface area contributed by atoms with Crippen LogP contribution >= 0.6 is 0 Å². The third kappa shape index (κ3) is 5.03. The summed E-state index contributed by atoms with van der Waals surface area (Å²) >= 11 is 0. The van der Waals surface area contributed by atoms with Gasteiger partial charge in [-0.1, -0.05) is 12.0 Å². The van der Waals surface area contributed by atoms with Gasteiger partial charge in [0.15, 0.2) is 0 Å². The van der Waals surface area contributed by atoms with Crippen LogP contribution in [0.1, 0.15) is 20.3 Å².